The molecule has 1 aliphatic rings. The summed E-state index contributed by atoms with van der Waals surface area (Å²) in [5.74, 6) is -0.695. The van der Waals surface area contributed by atoms with Gasteiger partial charge in [-0.15, -0.1) is 0 Å². The van der Waals surface area contributed by atoms with E-state index in [2.05, 4.69) is 0 Å². The SMILES string of the molecule is Cc1ccc(C2C(OC(c3ccccc3)(c3ccccc3)c3ccco3)C(=O)C(=O)N2c2ccccc2)cc1. The van der Waals surface area contributed by atoms with Crippen molar-refractivity contribution in [1.29, 1.82) is 0 Å². The van der Waals surface area contributed by atoms with Gasteiger partial charge in [-0.2, -0.15) is 0 Å². The number of ether oxygens (including phenoxy) is 1. The molecule has 39 heavy (non-hydrogen) atoms. The largest absolute Gasteiger partial charge is 0.466 e. The predicted molar refractivity (Wildman–Crippen MR) is 149 cm³/mol. The van der Waals surface area contributed by atoms with E-state index in [4.69, 9.17) is 9.15 Å². The van der Waals surface area contributed by atoms with Crippen molar-refractivity contribution >= 4 is 17.4 Å². The van der Waals surface area contributed by atoms with Gasteiger partial charge in [0, 0.05) is 5.69 Å². The molecule has 1 aliphatic heterocycles. The summed E-state index contributed by atoms with van der Waals surface area (Å²) in [6.07, 6.45) is 0.472. The molecule has 2 heterocycles. The van der Waals surface area contributed by atoms with Crippen LogP contribution < -0.4 is 4.90 Å². The number of hydrogen-bond donors (Lipinski definition) is 0. The molecule has 5 aromatic rings. The smallest absolute Gasteiger partial charge is 0.297 e. The maximum atomic E-state index is 13.9. The molecule has 0 saturated carbocycles. The van der Waals surface area contributed by atoms with Crippen LogP contribution in [-0.4, -0.2) is 17.8 Å². The number of nitrogens with zero attached hydrogens (tertiary/aromatic N) is 1. The summed E-state index contributed by atoms with van der Waals surface area (Å²) in [7, 11) is 0. The van der Waals surface area contributed by atoms with Gasteiger partial charge in [0.25, 0.3) is 11.7 Å². The molecule has 5 heteroatoms. The van der Waals surface area contributed by atoms with Gasteiger partial charge in [0.15, 0.2) is 11.7 Å². The van der Waals surface area contributed by atoms with Crippen LogP contribution in [0.2, 0.25) is 0 Å². The van der Waals surface area contributed by atoms with Crippen molar-refractivity contribution in [2.75, 3.05) is 4.90 Å². The molecule has 6 rings (SSSR count). The molecular formula is C34H27NO4. The van der Waals surface area contributed by atoms with Crippen LogP contribution in [0.25, 0.3) is 0 Å². The quantitative estimate of drug-likeness (QED) is 0.230. The van der Waals surface area contributed by atoms with Crippen LogP contribution >= 0.6 is 0 Å². The van der Waals surface area contributed by atoms with Crippen LogP contribution in [0.1, 0.15) is 34.1 Å². The fourth-order valence-corrected chi connectivity index (χ4v) is 5.38. The molecule has 0 bridgehead atoms. The summed E-state index contributed by atoms with van der Waals surface area (Å²) in [6.45, 7) is 2.00. The molecule has 2 unspecified atom stereocenters. The zero-order valence-corrected chi connectivity index (χ0v) is 21.4. The van der Waals surface area contributed by atoms with Crippen LogP contribution in [0.5, 0.6) is 0 Å². The Morgan fingerprint density at radius 2 is 1.26 bits per heavy atom. The third-order valence-corrected chi connectivity index (χ3v) is 7.24. The number of amides is 1. The lowest BCUT2D eigenvalue weighted by atomic mass is 9.83. The highest BCUT2D eigenvalue weighted by Gasteiger charge is 2.54. The predicted octanol–water partition coefficient (Wildman–Crippen LogP) is 6.62. The Labute approximate surface area is 227 Å². The van der Waals surface area contributed by atoms with Gasteiger partial charge in [-0.1, -0.05) is 109 Å². The number of hydrogen-bond acceptors (Lipinski definition) is 4. The molecule has 0 N–H and O–H groups in total. The van der Waals surface area contributed by atoms with E-state index in [1.165, 1.54) is 0 Å². The topological polar surface area (TPSA) is 59.8 Å². The Morgan fingerprint density at radius 3 is 1.79 bits per heavy atom. The normalized spacial score (nSPS) is 17.5. The maximum Gasteiger partial charge on any atom is 0.297 e. The first-order valence-electron chi connectivity index (χ1n) is 12.9. The summed E-state index contributed by atoms with van der Waals surface area (Å²) in [4.78, 5) is 29.1. The van der Waals surface area contributed by atoms with E-state index in [0.717, 1.165) is 22.3 Å². The fourth-order valence-electron chi connectivity index (χ4n) is 5.38. The number of Topliss-reactive ketones (excluding diaryl/α,β-unsaturated/α-hetero) is 1. The Balaban J connectivity index is 1.58. The van der Waals surface area contributed by atoms with Crippen molar-refractivity contribution in [2.45, 2.75) is 24.7 Å². The summed E-state index contributed by atoms with van der Waals surface area (Å²) < 4.78 is 13.1. The Bertz CT molecular complexity index is 1520. The van der Waals surface area contributed by atoms with E-state index < -0.39 is 29.4 Å². The lowest BCUT2D eigenvalue weighted by Gasteiger charge is -2.37. The Hall–Kier alpha value is -4.74. The first-order valence-corrected chi connectivity index (χ1v) is 12.9. The molecule has 4 aromatic carbocycles. The molecule has 2 atom stereocenters. The second-order valence-electron chi connectivity index (χ2n) is 9.66. The van der Waals surface area contributed by atoms with E-state index in [9.17, 15) is 9.59 Å². The van der Waals surface area contributed by atoms with Gasteiger partial charge in [0.05, 0.1) is 12.3 Å². The first kappa shape index (κ1) is 24.6. The van der Waals surface area contributed by atoms with Crippen LogP contribution in [0, 0.1) is 6.92 Å². The zero-order chi connectivity index (χ0) is 26.8. The van der Waals surface area contributed by atoms with Crippen LogP contribution in [0.4, 0.5) is 5.69 Å². The molecule has 1 aromatic heterocycles. The average molecular weight is 514 g/mol. The average Bonchev–Trinajstić information content (AvgIpc) is 3.61. The number of ketones is 1. The highest BCUT2D eigenvalue weighted by Crippen LogP contribution is 2.46. The van der Waals surface area contributed by atoms with Crippen LogP contribution in [0.15, 0.2) is 138 Å². The van der Waals surface area contributed by atoms with Crippen molar-refractivity contribution in [3.8, 4) is 0 Å². The van der Waals surface area contributed by atoms with Gasteiger partial charge in [0.2, 0.25) is 0 Å². The zero-order valence-electron chi connectivity index (χ0n) is 21.4. The van der Waals surface area contributed by atoms with Gasteiger partial charge in [-0.3, -0.25) is 14.5 Å². The van der Waals surface area contributed by atoms with E-state index in [1.807, 2.05) is 128 Å². The lowest BCUT2D eigenvalue weighted by Crippen LogP contribution is -2.41. The van der Waals surface area contributed by atoms with E-state index in [0.29, 0.717) is 11.4 Å². The summed E-state index contributed by atoms with van der Waals surface area (Å²) in [6, 6.07) is 39.5. The molecule has 192 valence electrons. The van der Waals surface area contributed by atoms with E-state index >= 15 is 0 Å². The molecule has 1 fully saturated rings. The minimum Gasteiger partial charge on any atom is -0.466 e. The highest BCUT2D eigenvalue weighted by atomic mass is 16.5. The third-order valence-electron chi connectivity index (χ3n) is 7.24. The second-order valence-corrected chi connectivity index (χ2v) is 9.66. The molecule has 0 aliphatic carbocycles. The van der Waals surface area contributed by atoms with Crippen LogP contribution in [0.3, 0.4) is 0 Å². The molecule has 1 amide bonds. The number of para-hydroxylation sites is 1. The van der Waals surface area contributed by atoms with Crippen molar-refractivity contribution in [3.63, 3.8) is 0 Å². The lowest BCUT2D eigenvalue weighted by molar-refractivity contribution is -0.144. The summed E-state index contributed by atoms with van der Waals surface area (Å²) in [5.41, 5.74) is 2.80. The first-order chi connectivity index (χ1) is 19.1. The van der Waals surface area contributed by atoms with Crippen molar-refractivity contribution < 1.29 is 18.7 Å². The highest BCUT2D eigenvalue weighted by molar-refractivity contribution is 6.45. The number of benzene rings is 4. The number of furan rings is 1. The summed E-state index contributed by atoms with van der Waals surface area (Å²) in [5, 5.41) is 0. The van der Waals surface area contributed by atoms with Gasteiger partial charge >= 0.3 is 0 Å². The van der Waals surface area contributed by atoms with Crippen molar-refractivity contribution in [3.05, 3.63) is 162 Å². The standard InChI is InChI=1S/C34H27NO4/c1-24-19-21-25(22-20-24)30-32(31(36)33(37)35(30)28-16-9-4-10-17-28)39-34(29-18-11-23-38-29,26-12-5-2-6-13-26)27-14-7-3-8-15-27/h2-23,30,32H,1H3. The van der Waals surface area contributed by atoms with Gasteiger partial charge < -0.3 is 9.15 Å². The minimum absolute atomic E-state index is 0.515. The second kappa shape index (κ2) is 10.2. The molecule has 0 spiro atoms. The molecule has 0 radical (unpaired) electrons. The van der Waals surface area contributed by atoms with E-state index in [1.54, 1.807) is 17.2 Å². The number of aryl methyl sites for hydroxylation is 1. The van der Waals surface area contributed by atoms with Gasteiger partial charge in [0.1, 0.15) is 5.76 Å². The molecule has 5 nitrogen and oxygen atoms in total. The Morgan fingerprint density at radius 1 is 0.692 bits per heavy atom. The van der Waals surface area contributed by atoms with Crippen molar-refractivity contribution in [2.24, 2.45) is 0 Å². The minimum atomic E-state index is -1.29. The number of carbonyl (C=O) groups is 2. The third kappa shape index (κ3) is 4.27. The summed E-state index contributed by atoms with van der Waals surface area (Å²) >= 11 is 0. The monoisotopic (exact) mass is 513 g/mol. The molecular weight excluding hydrogens is 486 g/mol. The Kier molecular flexibility index (Phi) is 6.43. The number of carbonyl (C=O) groups excluding carboxylic acids is 2. The van der Waals surface area contributed by atoms with Gasteiger partial charge in [-0.25, -0.2) is 0 Å². The molecule has 1 saturated heterocycles. The fraction of sp³-hybridized carbons (Fsp3) is 0.118. The van der Waals surface area contributed by atoms with Crippen LogP contribution in [-0.2, 0) is 19.9 Å². The number of rotatable bonds is 7. The number of anilines is 1. The van der Waals surface area contributed by atoms with Crippen molar-refractivity contribution in [1.82, 2.24) is 0 Å². The van der Waals surface area contributed by atoms with E-state index in [-0.39, 0.29) is 0 Å². The maximum absolute atomic E-state index is 13.9. The van der Waals surface area contributed by atoms with Gasteiger partial charge in [-0.05, 0) is 47.9 Å².